The predicted octanol–water partition coefficient (Wildman–Crippen LogP) is 6.36. The minimum atomic E-state index is -0.337. The van der Waals surface area contributed by atoms with Crippen molar-refractivity contribution in [1.82, 2.24) is 0 Å². The van der Waals surface area contributed by atoms with E-state index < -0.39 is 0 Å². The van der Waals surface area contributed by atoms with Gasteiger partial charge in [-0.2, -0.15) is 0 Å². The highest BCUT2D eigenvalue weighted by Crippen LogP contribution is 2.48. The van der Waals surface area contributed by atoms with E-state index in [9.17, 15) is 9.90 Å². The second kappa shape index (κ2) is 12.0. The van der Waals surface area contributed by atoms with Crippen LogP contribution in [0.25, 0.3) is 0 Å². The smallest absolute Gasteiger partial charge is 0.337 e. The van der Waals surface area contributed by atoms with Gasteiger partial charge in [0.15, 0.2) is 0 Å². The van der Waals surface area contributed by atoms with Gasteiger partial charge in [-0.1, -0.05) is 23.7 Å². The highest BCUT2D eigenvalue weighted by molar-refractivity contribution is 6.30. The first-order chi connectivity index (χ1) is 19.9. The second-order valence-corrected chi connectivity index (χ2v) is 13.0. The Kier molecular flexibility index (Phi) is 8.35. The number of carbonyl (C=O) groups excluding carboxylic acids is 1. The fourth-order valence-corrected chi connectivity index (χ4v) is 7.99. The number of esters is 1. The minimum absolute atomic E-state index is 0.115. The van der Waals surface area contributed by atoms with E-state index in [1.165, 1.54) is 23.8 Å². The number of benzene rings is 2. The molecule has 1 N–H and O–H groups in total. The van der Waals surface area contributed by atoms with E-state index in [0.29, 0.717) is 29.9 Å². The number of aliphatic hydroxyl groups is 1. The molecule has 1 spiro atoms. The highest BCUT2D eigenvalue weighted by atomic mass is 35.5. The molecular weight excluding hydrogens is 538 g/mol. The molecule has 2 aromatic rings. The summed E-state index contributed by atoms with van der Waals surface area (Å²) < 4.78 is 17.8. The maximum absolute atomic E-state index is 12.5. The van der Waals surface area contributed by atoms with Gasteiger partial charge in [0.1, 0.15) is 5.75 Å². The second-order valence-electron chi connectivity index (χ2n) is 12.5. The van der Waals surface area contributed by atoms with Crippen molar-refractivity contribution in [2.75, 3.05) is 45.4 Å². The first-order valence-electron chi connectivity index (χ1n) is 15.2. The van der Waals surface area contributed by atoms with Crippen molar-refractivity contribution in [3.8, 4) is 5.75 Å². The fourth-order valence-electron chi connectivity index (χ4n) is 7.80. The maximum atomic E-state index is 12.5. The summed E-state index contributed by atoms with van der Waals surface area (Å²) in [5.41, 5.74) is 5.40. The van der Waals surface area contributed by atoms with Crippen LogP contribution in [0.15, 0.2) is 48.0 Å². The third-order valence-electron chi connectivity index (χ3n) is 10.2. The predicted molar refractivity (Wildman–Crippen MR) is 161 cm³/mol. The molecule has 3 aliphatic carbocycles. The number of fused-ring (bicyclic) bond motifs is 3. The zero-order chi connectivity index (χ0) is 28.6. The molecular formula is C34H42ClNO5. The Morgan fingerprint density at radius 2 is 2.05 bits per heavy atom. The molecule has 0 aromatic heterocycles. The van der Waals surface area contributed by atoms with Crippen molar-refractivity contribution in [3.05, 3.63) is 69.8 Å². The standard InChI is InChI=1S/C34H42ClNO5/c1-39-32(23-7-5-22(19-37)6-8-23)28-12-9-26(28)18-36-20-34(15-3-4-24-16-27(35)11-13-29(24)34)21-41-31-14-10-25(17-30(31)36)33(38)40-2/h7,10-11,13-14,16-17,22,26,28,32,37H,3-6,8-9,12,15,18-21H2,1-2H3/t22-,26+,28-,32-,34+/m1/s1. The van der Waals surface area contributed by atoms with Crippen molar-refractivity contribution in [2.45, 2.75) is 62.9 Å². The van der Waals surface area contributed by atoms with Gasteiger partial charge in [-0.3, -0.25) is 0 Å². The lowest BCUT2D eigenvalue weighted by Crippen LogP contribution is -2.50. The summed E-state index contributed by atoms with van der Waals surface area (Å²) in [6.45, 7) is 2.55. The van der Waals surface area contributed by atoms with Crippen LogP contribution in [0.4, 0.5) is 5.69 Å². The molecule has 1 aliphatic heterocycles. The van der Waals surface area contributed by atoms with E-state index in [0.717, 1.165) is 80.9 Å². The third-order valence-corrected chi connectivity index (χ3v) is 10.4. The number of hydrogen-bond acceptors (Lipinski definition) is 6. The van der Waals surface area contributed by atoms with Crippen LogP contribution in [0.5, 0.6) is 5.75 Å². The van der Waals surface area contributed by atoms with Crippen LogP contribution in [0.3, 0.4) is 0 Å². The van der Waals surface area contributed by atoms with Crippen LogP contribution in [0.2, 0.25) is 5.02 Å². The molecule has 4 aliphatic rings. The maximum Gasteiger partial charge on any atom is 0.337 e. The lowest BCUT2D eigenvalue weighted by Gasteiger charge is -2.47. The Bertz CT molecular complexity index is 1310. The lowest BCUT2D eigenvalue weighted by atomic mass is 9.66. The molecule has 6 rings (SSSR count). The summed E-state index contributed by atoms with van der Waals surface area (Å²) in [6, 6.07) is 12.0. The van der Waals surface area contributed by atoms with Crippen molar-refractivity contribution in [3.63, 3.8) is 0 Å². The molecule has 2 aromatic carbocycles. The summed E-state index contributed by atoms with van der Waals surface area (Å²) in [7, 11) is 3.27. The number of allylic oxidation sites excluding steroid dienone is 1. The molecule has 7 heteroatoms. The quantitative estimate of drug-likeness (QED) is 0.304. The Morgan fingerprint density at radius 1 is 1.17 bits per heavy atom. The normalized spacial score (nSPS) is 28.0. The third kappa shape index (κ3) is 5.51. The number of nitrogens with zero attached hydrogens (tertiary/aromatic N) is 1. The van der Waals surface area contributed by atoms with Crippen LogP contribution < -0.4 is 9.64 Å². The Morgan fingerprint density at radius 3 is 2.76 bits per heavy atom. The van der Waals surface area contributed by atoms with Gasteiger partial charge < -0.3 is 24.2 Å². The van der Waals surface area contributed by atoms with Gasteiger partial charge in [-0.25, -0.2) is 4.79 Å². The Labute approximate surface area is 248 Å². The van der Waals surface area contributed by atoms with Crippen LogP contribution in [-0.2, 0) is 21.3 Å². The zero-order valence-electron chi connectivity index (χ0n) is 24.2. The number of aryl methyl sites for hydroxylation is 1. The average molecular weight is 580 g/mol. The SMILES string of the molecule is COC(=O)c1ccc2c(c1)N(C[C@@H]1CC[C@H]1[C@H](OC)C1=CC[C@@H](CO)CC1)C[C@@]1(CCCc3cc(Cl)ccc31)CO2. The molecule has 6 nitrogen and oxygen atoms in total. The number of halogens is 1. The molecule has 0 radical (unpaired) electrons. The summed E-state index contributed by atoms with van der Waals surface area (Å²) >= 11 is 6.42. The van der Waals surface area contributed by atoms with Gasteiger partial charge in [0.2, 0.25) is 0 Å². The van der Waals surface area contributed by atoms with Gasteiger partial charge in [0.05, 0.1) is 31.1 Å². The van der Waals surface area contributed by atoms with Crippen LogP contribution >= 0.6 is 11.6 Å². The number of methoxy groups -OCH3 is 2. The van der Waals surface area contributed by atoms with Gasteiger partial charge in [-0.05, 0) is 116 Å². The number of ether oxygens (including phenoxy) is 3. The van der Waals surface area contributed by atoms with Gasteiger partial charge in [-0.15, -0.1) is 0 Å². The number of aliphatic hydroxyl groups excluding tert-OH is 1. The topological polar surface area (TPSA) is 68.2 Å². The molecule has 1 heterocycles. The Hall–Kier alpha value is -2.54. The van der Waals surface area contributed by atoms with Crippen molar-refractivity contribution in [2.24, 2.45) is 17.8 Å². The van der Waals surface area contributed by atoms with E-state index in [1.807, 2.05) is 25.3 Å². The lowest BCUT2D eigenvalue weighted by molar-refractivity contribution is 0.00273. The van der Waals surface area contributed by atoms with E-state index >= 15 is 0 Å². The molecule has 0 amide bonds. The first kappa shape index (κ1) is 28.6. The van der Waals surface area contributed by atoms with E-state index in [2.05, 4.69) is 23.1 Å². The fraction of sp³-hybridized carbons (Fsp3) is 0.559. The van der Waals surface area contributed by atoms with Gasteiger partial charge in [0.25, 0.3) is 0 Å². The zero-order valence-corrected chi connectivity index (χ0v) is 25.0. The van der Waals surface area contributed by atoms with E-state index in [4.69, 9.17) is 25.8 Å². The van der Waals surface area contributed by atoms with Crippen LogP contribution in [0.1, 0.15) is 66.4 Å². The first-order valence-corrected chi connectivity index (χ1v) is 15.5. The minimum Gasteiger partial charge on any atom is -0.490 e. The van der Waals surface area contributed by atoms with Crippen molar-refractivity contribution >= 4 is 23.3 Å². The number of hydrogen-bond donors (Lipinski definition) is 1. The van der Waals surface area contributed by atoms with Crippen LogP contribution in [-0.4, -0.2) is 57.7 Å². The van der Waals surface area contributed by atoms with Gasteiger partial charge in [0, 0.05) is 37.2 Å². The molecule has 1 fully saturated rings. The monoisotopic (exact) mass is 579 g/mol. The highest BCUT2D eigenvalue weighted by Gasteiger charge is 2.45. The molecule has 5 atom stereocenters. The number of carbonyl (C=O) groups is 1. The summed E-state index contributed by atoms with van der Waals surface area (Å²) in [5, 5.41) is 10.4. The molecule has 1 saturated carbocycles. The van der Waals surface area contributed by atoms with Crippen LogP contribution in [0, 0.1) is 17.8 Å². The molecule has 220 valence electrons. The molecule has 0 saturated heterocycles. The number of anilines is 1. The van der Waals surface area contributed by atoms with Gasteiger partial charge >= 0.3 is 5.97 Å². The molecule has 0 unspecified atom stereocenters. The Balaban J connectivity index is 1.32. The van der Waals surface area contributed by atoms with Crippen molar-refractivity contribution in [1.29, 1.82) is 0 Å². The largest absolute Gasteiger partial charge is 0.490 e. The molecule has 41 heavy (non-hydrogen) atoms. The summed E-state index contributed by atoms with van der Waals surface area (Å²) in [5.74, 6) is 1.77. The summed E-state index contributed by atoms with van der Waals surface area (Å²) in [6.07, 6.45) is 10.9. The summed E-state index contributed by atoms with van der Waals surface area (Å²) in [4.78, 5) is 15.0. The van der Waals surface area contributed by atoms with E-state index in [-0.39, 0.29) is 24.1 Å². The number of rotatable bonds is 7. The van der Waals surface area contributed by atoms with E-state index in [1.54, 1.807) is 6.07 Å². The van der Waals surface area contributed by atoms with Crippen molar-refractivity contribution < 1.29 is 24.1 Å². The molecule has 0 bridgehead atoms. The average Bonchev–Trinajstić information content (AvgIpc) is 3.14.